The number of nitrogens with one attached hydrogen (secondary N) is 1. The SMILES string of the molecule is CC(=O)Nc1cc(C)nn1-c1ccc(C)cc1. The number of carbonyl (C=O) groups excluding carboxylic acids is 1. The Morgan fingerprint density at radius 3 is 2.47 bits per heavy atom. The van der Waals surface area contributed by atoms with E-state index in [1.807, 2.05) is 44.2 Å². The third-order valence-corrected chi connectivity index (χ3v) is 2.41. The summed E-state index contributed by atoms with van der Waals surface area (Å²) in [5.74, 6) is 0.595. The molecule has 0 fully saturated rings. The summed E-state index contributed by atoms with van der Waals surface area (Å²) >= 11 is 0. The number of carbonyl (C=O) groups is 1. The summed E-state index contributed by atoms with van der Waals surface area (Å²) < 4.78 is 1.73. The molecule has 4 heteroatoms. The highest BCUT2D eigenvalue weighted by molar-refractivity contribution is 5.88. The lowest BCUT2D eigenvalue weighted by atomic mass is 10.2. The molecule has 0 saturated heterocycles. The first-order valence-corrected chi connectivity index (χ1v) is 5.47. The third-order valence-electron chi connectivity index (χ3n) is 2.41. The molecular weight excluding hydrogens is 214 g/mol. The summed E-state index contributed by atoms with van der Waals surface area (Å²) in [6, 6.07) is 9.84. The van der Waals surface area contributed by atoms with Crippen LogP contribution in [-0.4, -0.2) is 15.7 Å². The van der Waals surface area contributed by atoms with E-state index in [0.717, 1.165) is 11.4 Å². The fraction of sp³-hybridized carbons (Fsp3) is 0.231. The van der Waals surface area contributed by atoms with Crippen LogP contribution in [0.5, 0.6) is 0 Å². The molecule has 1 amide bonds. The van der Waals surface area contributed by atoms with Crippen LogP contribution >= 0.6 is 0 Å². The van der Waals surface area contributed by atoms with E-state index >= 15 is 0 Å². The highest BCUT2D eigenvalue weighted by Gasteiger charge is 2.08. The first-order chi connectivity index (χ1) is 8.06. The van der Waals surface area contributed by atoms with Crippen LogP contribution in [0.2, 0.25) is 0 Å². The van der Waals surface area contributed by atoms with E-state index in [1.165, 1.54) is 12.5 Å². The predicted molar refractivity (Wildman–Crippen MR) is 67.3 cm³/mol. The molecule has 88 valence electrons. The van der Waals surface area contributed by atoms with Crippen molar-refractivity contribution < 1.29 is 4.79 Å². The molecule has 0 aliphatic heterocycles. The van der Waals surface area contributed by atoms with E-state index in [0.29, 0.717) is 5.82 Å². The van der Waals surface area contributed by atoms with Crippen LogP contribution in [0, 0.1) is 13.8 Å². The molecule has 0 aliphatic rings. The van der Waals surface area contributed by atoms with Gasteiger partial charge in [0, 0.05) is 13.0 Å². The van der Waals surface area contributed by atoms with Gasteiger partial charge in [-0.2, -0.15) is 5.10 Å². The number of hydrogen-bond donors (Lipinski definition) is 1. The molecule has 0 unspecified atom stereocenters. The lowest BCUT2D eigenvalue weighted by molar-refractivity contribution is -0.114. The first kappa shape index (κ1) is 11.4. The van der Waals surface area contributed by atoms with Gasteiger partial charge in [-0.05, 0) is 26.0 Å². The average molecular weight is 229 g/mol. The van der Waals surface area contributed by atoms with Crippen molar-refractivity contribution in [2.45, 2.75) is 20.8 Å². The maximum atomic E-state index is 11.1. The highest BCUT2D eigenvalue weighted by Crippen LogP contribution is 2.17. The fourth-order valence-electron chi connectivity index (χ4n) is 1.65. The lowest BCUT2D eigenvalue weighted by Gasteiger charge is -2.07. The molecular formula is C13H15N3O. The Labute approximate surface area is 100 Å². The van der Waals surface area contributed by atoms with Gasteiger partial charge in [-0.25, -0.2) is 4.68 Å². The zero-order valence-electron chi connectivity index (χ0n) is 10.2. The Morgan fingerprint density at radius 1 is 1.24 bits per heavy atom. The zero-order chi connectivity index (χ0) is 12.4. The van der Waals surface area contributed by atoms with Crippen LogP contribution in [0.4, 0.5) is 5.82 Å². The Balaban J connectivity index is 2.43. The number of aryl methyl sites for hydroxylation is 2. The normalized spacial score (nSPS) is 10.3. The van der Waals surface area contributed by atoms with Crippen molar-refractivity contribution in [3.63, 3.8) is 0 Å². The molecule has 2 aromatic rings. The molecule has 0 bridgehead atoms. The second-order valence-corrected chi connectivity index (χ2v) is 4.10. The summed E-state index contributed by atoms with van der Waals surface area (Å²) in [4.78, 5) is 11.1. The van der Waals surface area contributed by atoms with E-state index in [2.05, 4.69) is 10.4 Å². The molecule has 4 nitrogen and oxygen atoms in total. The number of amides is 1. The summed E-state index contributed by atoms with van der Waals surface area (Å²) in [5, 5.41) is 7.13. The van der Waals surface area contributed by atoms with Crippen molar-refractivity contribution in [1.29, 1.82) is 0 Å². The average Bonchev–Trinajstić information content (AvgIpc) is 2.59. The standard InChI is InChI=1S/C13H15N3O/c1-9-4-6-12(7-5-9)16-13(14-11(3)17)8-10(2)15-16/h4-8H,1-3H3,(H,14,17). The molecule has 1 aromatic carbocycles. The molecule has 1 aromatic heterocycles. The van der Waals surface area contributed by atoms with Gasteiger partial charge < -0.3 is 5.32 Å². The van der Waals surface area contributed by atoms with Crippen LogP contribution in [0.3, 0.4) is 0 Å². The van der Waals surface area contributed by atoms with E-state index in [9.17, 15) is 4.79 Å². The Bertz CT molecular complexity index is 540. The first-order valence-electron chi connectivity index (χ1n) is 5.47. The molecule has 0 radical (unpaired) electrons. The van der Waals surface area contributed by atoms with Crippen molar-refractivity contribution >= 4 is 11.7 Å². The van der Waals surface area contributed by atoms with Gasteiger partial charge in [0.05, 0.1) is 11.4 Å². The van der Waals surface area contributed by atoms with Gasteiger partial charge in [-0.3, -0.25) is 4.79 Å². The van der Waals surface area contributed by atoms with Crippen molar-refractivity contribution in [3.8, 4) is 5.69 Å². The minimum Gasteiger partial charge on any atom is -0.311 e. The van der Waals surface area contributed by atoms with Crippen LogP contribution in [-0.2, 0) is 4.79 Å². The molecule has 1 N–H and O–H groups in total. The molecule has 0 atom stereocenters. The minimum absolute atomic E-state index is 0.0988. The molecule has 0 saturated carbocycles. The number of anilines is 1. The number of aromatic nitrogens is 2. The van der Waals surface area contributed by atoms with E-state index in [1.54, 1.807) is 4.68 Å². The maximum absolute atomic E-state index is 11.1. The van der Waals surface area contributed by atoms with E-state index in [-0.39, 0.29) is 5.91 Å². The zero-order valence-corrected chi connectivity index (χ0v) is 10.2. The molecule has 0 aliphatic carbocycles. The van der Waals surface area contributed by atoms with Crippen LogP contribution < -0.4 is 5.32 Å². The van der Waals surface area contributed by atoms with Gasteiger partial charge >= 0.3 is 0 Å². The van der Waals surface area contributed by atoms with Crippen LogP contribution in [0.25, 0.3) is 5.69 Å². The Morgan fingerprint density at radius 2 is 1.88 bits per heavy atom. The largest absolute Gasteiger partial charge is 0.311 e. The summed E-state index contributed by atoms with van der Waals surface area (Å²) in [5.41, 5.74) is 3.00. The number of benzene rings is 1. The van der Waals surface area contributed by atoms with Crippen molar-refractivity contribution in [2.75, 3.05) is 5.32 Å². The van der Waals surface area contributed by atoms with Gasteiger partial charge in [0.1, 0.15) is 5.82 Å². The van der Waals surface area contributed by atoms with Crippen molar-refractivity contribution in [1.82, 2.24) is 9.78 Å². The van der Waals surface area contributed by atoms with Crippen LogP contribution in [0.1, 0.15) is 18.2 Å². The molecule has 1 heterocycles. The van der Waals surface area contributed by atoms with Gasteiger partial charge in [0.15, 0.2) is 0 Å². The van der Waals surface area contributed by atoms with Crippen molar-refractivity contribution in [2.24, 2.45) is 0 Å². The maximum Gasteiger partial charge on any atom is 0.222 e. The van der Waals surface area contributed by atoms with E-state index < -0.39 is 0 Å². The smallest absolute Gasteiger partial charge is 0.222 e. The number of hydrogen-bond acceptors (Lipinski definition) is 2. The fourth-order valence-corrected chi connectivity index (χ4v) is 1.65. The van der Waals surface area contributed by atoms with Gasteiger partial charge in [0.25, 0.3) is 0 Å². The molecule has 0 spiro atoms. The second kappa shape index (κ2) is 4.41. The van der Waals surface area contributed by atoms with Gasteiger partial charge in [-0.1, -0.05) is 17.7 Å². The lowest BCUT2D eigenvalue weighted by Crippen LogP contribution is -2.10. The highest BCUT2D eigenvalue weighted by atomic mass is 16.1. The van der Waals surface area contributed by atoms with Crippen molar-refractivity contribution in [3.05, 3.63) is 41.6 Å². The van der Waals surface area contributed by atoms with Gasteiger partial charge in [-0.15, -0.1) is 0 Å². The summed E-state index contributed by atoms with van der Waals surface area (Å²) in [6.45, 7) is 5.42. The molecule has 17 heavy (non-hydrogen) atoms. The minimum atomic E-state index is -0.0988. The second-order valence-electron chi connectivity index (χ2n) is 4.10. The van der Waals surface area contributed by atoms with E-state index in [4.69, 9.17) is 0 Å². The summed E-state index contributed by atoms with van der Waals surface area (Å²) in [6.07, 6.45) is 0. The predicted octanol–water partition coefficient (Wildman–Crippen LogP) is 2.45. The number of nitrogens with zero attached hydrogens (tertiary/aromatic N) is 2. The Hall–Kier alpha value is -2.10. The Kier molecular flexibility index (Phi) is 2.95. The number of rotatable bonds is 2. The third kappa shape index (κ3) is 2.53. The quantitative estimate of drug-likeness (QED) is 0.859. The van der Waals surface area contributed by atoms with Crippen LogP contribution in [0.15, 0.2) is 30.3 Å². The summed E-state index contributed by atoms with van der Waals surface area (Å²) in [7, 11) is 0. The molecule has 2 rings (SSSR count). The monoisotopic (exact) mass is 229 g/mol. The topological polar surface area (TPSA) is 46.9 Å². The van der Waals surface area contributed by atoms with Gasteiger partial charge in [0.2, 0.25) is 5.91 Å².